The van der Waals surface area contributed by atoms with E-state index in [1.807, 2.05) is 0 Å². The summed E-state index contributed by atoms with van der Waals surface area (Å²) in [6.07, 6.45) is 1.35. The van der Waals surface area contributed by atoms with Gasteiger partial charge >= 0.3 is 0 Å². The summed E-state index contributed by atoms with van der Waals surface area (Å²) in [5.41, 5.74) is 6.74. The summed E-state index contributed by atoms with van der Waals surface area (Å²) >= 11 is 11.5. The number of nitrogens with one attached hydrogen (secondary N) is 1. The summed E-state index contributed by atoms with van der Waals surface area (Å²) < 4.78 is 0. The molecule has 2 aromatic rings. The monoisotopic (exact) mass is 266 g/mol. The van der Waals surface area contributed by atoms with Crippen molar-refractivity contribution < 1.29 is 0 Å². The van der Waals surface area contributed by atoms with Crippen molar-refractivity contribution in [1.29, 1.82) is 5.41 Å². The highest BCUT2D eigenvalue weighted by molar-refractivity contribution is 6.31. The zero-order valence-electron chi connectivity index (χ0n) is 8.61. The molecule has 0 radical (unpaired) electrons. The van der Waals surface area contributed by atoms with Crippen molar-refractivity contribution in [2.24, 2.45) is 0 Å². The molecule has 2 rings (SSSR count). The number of anilines is 1. The summed E-state index contributed by atoms with van der Waals surface area (Å²) in [6.45, 7) is 0. The van der Waals surface area contributed by atoms with Crippen LogP contribution < -0.4 is 5.73 Å². The second-order valence-corrected chi connectivity index (χ2v) is 4.14. The zero-order valence-corrected chi connectivity index (χ0v) is 10.1. The number of nitrogens with two attached hydrogens (primary N) is 1. The fourth-order valence-corrected chi connectivity index (χ4v) is 1.68. The van der Waals surface area contributed by atoms with Crippen molar-refractivity contribution in [2.45, 2.75) is 0 Å². The molecule has 0 fully saturated rings. The highest BCUT2D eigenvalue weighted by Crippen LogP contribution is 2.17. The SMILES string of the molecule is N=C(c1cccc(Cl)c1)c1ncc(Cl)nc1N. The molecule has 0 unspecified atom stereocenters. The second-order valence-electron chi connectivity index (χ2n) is 3.31. The van der Waals surface area contributed by atoms with Crippen LogP contribution >= 0.6 is 23.2 Å². The topological polar surface area (TPSA) is 75.7 Å². The molecule has 1 heterocycles. The fraction of sp³-hybridized carbons (Fsp3) is 0. The maximum Gasteiger partial charge on any atom is 0.153 e. The number of hydrogen-bond acceptors (Lipinski definition) is 4. The lowest BCUT2D eigenvalue weighted by Gasteiger charge is -2.06. The van der Waals surface area contributed by atoms with Crippen LogP contribution in [0.25, 0.3) is 0 Å². The summed E-state index contributed by atoms with van der Waals surface area (Å²) in [7, 11) is 0. The molecule has 0 saturated heterocycles. The number of halogens is 2. The van der Waals surface area contributed by atoms with Crippen LogP contribution in [-0.4, -0.2) is 15.7 Å². The average Bonchev–Trinajstić information content (AvgIpc) is 2.28. The molecule has 0 saturated carbocycles. The predicted molar refractivity (Wildman–Crippen MR) is 68.8 cm³/mol. The van der Waals surface area contributed by atoms with Crippen LogP contribution in [0.4, 0.5) is 5.82 Å². The molecule has 86 valence electrons. The van der Waals surface area contributed by atoms with Gasteiger partial charge in [0.15, 0.2) is 5.82 Å². The van der Waals surface area contributed by atoms with Crippen LogP contribution in [0, 0.1) is 5.41 Å². The molecule has 3 N–H and O–H groups in total. The lowest BCUT2D eigenvalue weighted by Crippen LogP contribution is -2.09. The van der Waals surface area contributed by atoms with Gasteiger partial charge in [0, 0.05) is 10.6 Å². The lowest BCUT2D eigenvalue weighted by molar-refractivity contribution is 1.18. The van der Waals surface area contributed by atoms with E-state index in [-0.39, 0.29) is 22.4 Å². The first kappa shape index (κ1) is 11.8. The van der Waals surface area contributed by atoms with Crippen molar-refractivity contribution in [3.8, 4) is 0 Å². The summed E-state index contributed by atoms with van der Waals surface area (Å²) in [5, 5.41) is 8.74. The highest BCUT2D eigenvalue weighted by atomic mass is 35.5. The van der Waals surface area contributed by atoms with Crippen molar-refractivity contribution in [1.82, 2.24) is 9.97 Å². The third kappa shape index (κ3) is 2.54. The van der Waals surface area contributed by atoms with E-state index in [1.165, 1.54) is 6.20 Å². The molecule has 0 atom stereocenters. The lowest BCUT2D eigenvalue weighted by atomic mass is 10.1. The summed E-state index contributed by atoms with van der Waals surface area (Å²) in [5.74, 6) is 0.127. The van der Waals surface area contributed by atoms with Gasteiger partial charge in [-0.05, 0) is 12.1 Å². The Balaban J connectivity index is 2.44. The Bertz CT molecular complexity index is 583. The predicted octanol–water partition coefficient (Wildman–Crippen LogP) is 2.78. The first-order valence-corrected chi connectivity index (χ1v) is 5.46. The minimum Gasteiger partial charge on any atom is -0.382 e. The Morgan fingerprint density at radius 2 is 2.06 bits per heavy atom. The number of nitrogen functional groups attached to an aromatic ring is 1. The number of benzene rings is 1. The maximum atomic E-state index is 7.99. The van der Waals surface area contributed by atoms with Crippen molar-refractivity contribution in [3.63, 3.8) is 0 Å². The molecule has 17 heavy (non-hydrogen) atoms. The van der Waals surface area contributed by atoms with Gasteiger partial charge in [0.1, 0.15) is 10.8 Å². The molecule has 0 spiro atoms. The van der Waals surface area contributed by atoms with Crippen LogP contribution in [-0.2, 0) is 0 Å². The largest absolute Gasteiger partial charge is 0.382 e. The molecular weight excluding hydrogens is 259 g/mol. The van der Waals surface area contributed by atoms with Crippen molar-refractivity contribution in [3.05, 3.63) is 51.9 Å². The number of rotatable bonds is 2. The second kappa shape index (κ2) is 4.69. The summed E-state index contributed by atoms with van der Waals surface area (Å²) in [4.78, 5) is 7.85. The highest BCUT2D eigenvalue weighted by Gasteiger charge is 2.11. The van der Waals surface area contributed by atoms with E-state index in [0.717, 1.165) is 0 Å². The van der Waals surface area contributed by atoms with Gasteiger partial charge in [-0.1, -0.05) is 35.3 Å². The fourth-order valence-electron chi connectivity index (χ4n) is 1.35. The van der Waals surface area contributed by atoms with Crippen molar-refractivity contribution in [2.75, 3.05) is 5.73 Å². The van der Waals surface area contributed by atoms with E-state index in [2.05, 4.69) is 9.97 Å². The molecule has 0 amide bonds. The first-order chi connectivity index (χ1) is 8.08. The number of hydrogen-bond donors (Lipinski definition) is 2. The van der Waals surface area contributed by atoms with E-state index < -0.39 is 0 Å². The van der Waals surface area contributed by atoms with Crippen LogP contribution in [0.1, 0.15) is 11.3 Å². The average molecular weight is 267 g/mol. The molecular formula is C11H8Cl2N4. The molecule has 4 nitrogen and oxygen atoms in total. The van der Waals surface area contributed by atoms with Gasteiger partial charge in [-0.3, -0.25) is 5.41 Å². The van der Waals surface area contributed by atoms with Crippen LogP contribution in [0.15, 0.2) is 30.5 Å². The van der Waals surface area contributed by atoms with Crippen LogP contribution in [0.5, 0.6) is 0 Å². The third-order valence-electron chi connectivity index (χ3n) is 2.12. The van der Waals surface area contributed by atoms with Gasteiger partial charge in [-0.25, -0.2) is 9.97 Å². The Hall–Kier alpha value is -1.65. The van der Waals surface area contributed by atoms with E-state index in [0.29, 0.717) is 10.6 Å². The Morgan fingerprint density at radius 1 is 1.29 bits per heavy atom. The van der Waals surface area contributed by atoms with E-state index in [9.17, 15) is 0 Å². The van der Waals surface area contributed by atoms with E-state index >= 15 is 0 Å². The van der Waals surface area contributed by atoms with E-state index in [1.54, 1.807) is 24.3 Å². The van der Waals surface area contributed by atoms with E-state index in [4.69, 9.17) is 34.3 Å². The maximum absolute atomic E-state index is 7.99. The van der Waals surface area contributed by atoms with Gasteiger partial charge < -0.3 is 5.73 Å². The molecule has 0 aliphatic carbocycles. The Kier molecular flexibility index (Phi) is 3.26. The van der Waals surface area contributed by atoms with Crippen LogP contribution in [0.2, 0.25) is 10.2 Å². The number of nitrogens with zero attached hydrogens (tertiary/aromatic N) is 2. The minimum atomic E-state index is 0.127. The van der Waals surface area contributed by atoms with Gasteiger partial charge in [0.25, 0.3) is 0 Å². The third-order valence-corrected chi connectivity index (χ3v) is 2.54. The molecule has 1 aromatic carbocycles. The van der Waals surface area contributed by atoms with Crippen molar-refractivity contribution >= 4 is 34.7 Å². The standard InChI is InChI=1S/C11H8Cl2N4/c12-7-3-1-2-6(4-7)9(14)10-11(15)17-8(13)5-16-10/h1-5,14H,(H2,15,17). The zero-order chi connectivity index (χ0) is 12.4. The molecule has 0 aliphatic rings. The molecule has 0 aliphatic heterocycles. The Labute approximate surface area is 108 Å². The molecule has 0 bridgehead atoms. The first-order valence-electron chi connectivity index (χ1n) is 4.71. The number of aromatic nitrogens is 2. The quantitative estimate of drug-likeness (QED) is 0.821. The smallest absolute Gasteiger partial charge is 0.153 e. The van der Waals surface area contributed by atoms with Gasteiger partial charge in [0.2, 0.25) is 0 Å². The minimum absolute atomic E-state index is 0.127. The normalized spacial score (nSPS) is 10.2. The molecule has 6 heteroatoms. The molecule has 1 aromatic heterocycles. The van der Waals surface area contributed by atoms with Crippen LogP contribution in [0.3, 0.4) is 0 Å². The van der Waals surface area contributed by atoms with Gasteiger partial charge in [-0.15, -0.1) is 0 Å². The Morgan fingerprint density at radius 3 is 2.71 bits per heavy atom. The summed E-state index contributed by atoms with van der Waals surface area (Å²) in [6, 6.07) is 6.91. The van der Waals surface area contributed by atoms with Gasteiger partial charge in [-0.2, -0.15) is 0 Å². The van der Waals surface area contributed by atoms with Gasteiger partial charge in [0.05, 0.1) is 11.9 Å².